The molecule has 0 spiro atoms. The van der Waals surface area contributed by atoms with E-state index in [0.717, 1.165) is 26.2 Å². The Morgan fingerprint density at radius 2 is 1.85 bits per heavy atom. The van der Waals surface area contributed by atoms with Crippen LogP contribution in [0.3, 0.4) is 0 Å². The van der Waals surface area contributed by atoms with Gasteiger partial charge in [-0.15, -0.1) is 0 Å². The fourth-order valence-electron chi connectivity index (χ4n) is 4.68. The Hall–Kier alpha value is -2.27. The maximum atomic E-state index is 13.2. The molecule has 0 aromatic heterocycles. The van der Waals surface area contributed by atoms with E-state index in [4.69, 9.17) is 9.47 Å². The van der Waals surface area contributed by atoms with E-state index in [1.54, 1.807) is 4.90 Å². The fraction of sp³-hybridized carbons (Fsp3) is 0.652. The number of urea groups is 1. The largest absolute Gasteiger partial charge is 0.389 e. The molecule has 3 aliphatic heterocycles. The molecule has 3 fully saturated rings. The number of nitrogens with zero attached hydrogens (tertiary/aromatic N) is 3. The predicted octanol–water partition coefficient (Wildman–Crippen LogP) is 1.13. The van der Waals surface area contributed by atoms with Gasteiger partial charge in [-0.3, -0.25) is 4.79 Å². The minimum atomic E-state index is -0.818. The van der Waals surface area contributed by atoms with Gasteiger partial charge in [0.25, 0.3) is 0 Å². The van der Waals surface area contributed by atoms with Crippen molar-refractivity contribution >= 4 is 17.6 Å². The second-order valence-corrected chi connectivity index (χ2v) is 9.11. The van der Waals surface area contributed by atoms with Crippen molar-refractivity contribution in [2.45, 2.75) is 43.6 Å². The minimum absolute atomic E-state index is 0.0950. The lowest BCUT2D eigenvalue weighted by Gasteiger charge is -2.44. The maximum absolute atomic E-state index is 13.2. The molecular weight excluding hydrogens is 431 g/mol. The summed E-state index contributed by atoms with van der Waals surface area (Å²) in [4.78, 5) is 31.5. The predicted molar refractivity (Wildman–Crippen MR) is 119 cm³/mol. The molecule has 3 saturated heterocycles. The molecule has 0 bridgehead atoms. The number of likely N-dealkylation sites (N-methyl/N-ethyl adjacent to an activating group) is 1. The van der Waals surface area contributed by atoms with Gasteiger partial charge in [-0.1, -0.05) is 0 Å². The number of halogens is 1. The van der Waals surface area contributed by atoms with E-state index in [-0.39, 0.29) is 49.7 Å². The summed E-state index contributed by atoms with van der Waals surface area (Å²) in [7, 11) is 2.05. The van der Waals surface area contributed by atoms with Crippen LogP contribution >= 0.6 is 0 Å². The number of ether oxygens (including phenoxy) is 2. The van der Waals surface area contributed by atoms with Crippen LogP contribution in [0.1, 0.15) is 19.3 Å². The first-order valence-corrected chi connectivity index (χ1v) is 11.6. The summed E-state index contributed by atoms with van der Waals surface area (Å²) in [5.74, 6) is -0.288. The van der Waals surface area contributed by atoms with Gasteiger partial charge in [0.05, 0.1) is 44.4 Å². The lowest BCUT2D eigenvalue weighted by atomic mass is 9.94. The van der Waals surface area contributed by atoms with Gasteiger partial charge in [-0.2, -0.15) is 0 Å². The van der Waals surface area contributed by atoms with Gasteiger partial charge in [0.2, 0.25) is 5.91 Å². The Bertz CT molecular complexity index is 818. The van der Waals surface area contributed by atoms with Crippen molar-refractivity contribution in [2.75, 3.05) is 58.3 Å². The molecular formula is C23H33FN4O5. The smallest absolute Gasteiger partial charge is 0.322 e. The molecule has 182 valence electrons. The molecule has 9 nitrogen and oxygen atoms in total. The Labute approximate surface area is 193 Å². The number of β-amino-alcohol motifs (C(OH)–C–C–N with tert-alkyl or cyclic N) is 1. The topological polar surface area (TPSA) is 94.6 Å². The quantitative estimate of drug-likeness (QED) is 0.697. The third-order valence-electron chi connectivity index (χ3n) is 6.60. The first kappa shape index (κ1) is 23.9. The molecule has 0 radical (unpaired) electrons. The molecule has 1 aromatic rings. The number of aliphatic hydroxyl groups is 1. The number of hydrogen-bond acceptors (Lipinski definition) is 6. The molecule has 33 heavy (non-hydrogen) atoms. The summed E-state index contributed by atoms with van der Waals surface area (Å²) in [6.45, 7) is 3.63. The van der Waals surface area contributed by atoms with Gasteiger partial charge in [0, 0.05) is 31.9 Å². The number of carbonyl (C=O) groups excluding carboxylic acids is 2. The van der Waals surface area contributed by atoms with E-state index in [1.165, 1.54) is 24.3 Å². The lowest BCUT2D eigenvalue weighted by molar-refractivity contribution is -0.155. The standard InChI is InChI=1S/C23H33FN4O5/c1-26-8-10-27(11-9-26)22(30)12-19-6-7-20-21(33-19)15-32-14-18(29)13-28(20)23(31)25-17-4-2-16(24)3-5-17/h2-5,18-21,29H,6-15H2,1H3,(H,25,31)/t18-,19-,20-,21+/m0/s1. The highest BCUT2D eigenvalue weighted by molar-refractivity contribution is 5.89. The van der Waals surface area contributed by atoms with Gasteiger partial charge in [-0.25, -0.2) is 9.18 Å². The average molecular weight is 465 g/mol. The number of aliphatic hydroxyl groups excluding tert-OH is 1. The zero-order chi connectivity index (χ0) is 23.4. The van der Waals surface area contributed by atoms with Crippen LogP contribution in [0, 0.1) is 5.82 Å². The fourth-order valence-corrected chi connectivity index (χ4v) is 4.68. The molecule has 3 aliphatic rings. The van der Waals surface area contributed by atoms with Crippen LogP contribution in [0.2, 0.25) is 0 Å². The summed E-state index contributed by atoms with van der Waals surface area (Å²) < 4.78 is 25.1. The van der Waals surface area contributed by atoms with E-state index in [9.17, 15) is 19.1 Å². The minimum Gasteiger partial charge on any atom is -0.389 e. The van der Waals surface area contributed by atoms with Crippen LogP contribution in [0.25, 0.3) is 0 Å². The summed E-state index contributed by atoms with van der Waals surface area (Å²) in [5, 5.41) is 13.0. The normalized spacial score (nSPS) is 29.1. The Balaban J connectivity index is 1.39. The molecule has 0 saturated carbocycles. The number of fused-ring (bicyclic) bond motifs is 1. The molecule has 2 N–H and O–H groups in total. The number of amides is 3. The van der Waals surface area contributed by atoms with Crippen molar-refractivity contribution in [1.29, 1.82) is 0 Å². The lowest BCUT2D eigenvalue weighted by Crippen LogP contribution is -2.58. The molecule has 0 aliphatic carbocycles. The maximum Gasteiger partial charge on any atom is 0.322 e. The number of nitrogens with one attached hydrogen (secondary N) is 1. The molecule has 4 atom stereocenters. The van der Waals surface area contributed by atoms with Gasteiger partial charge < -0.3 is 34.6 Å². The van der Waals surface area contributed by atoms with E-state index >= 15 is 0 Å². The van der Waals surface area contributed by atoms with Gasteiger partial charge in [0.1, 0.15) is 11.9 Å². The first-order chi connectivity index (χ1) is 15.9. The summed E-state index contributed by atoms with van der Waals surface area (Å²) in [5.41, 5.74) is 0.470. The molecule has 4 rings (SSSR count). The third kappa shape index (κ3) is 6.20. The van der Waals surface area contributed by atoms with Crippen molar-refractivity contribution in [3.63, 3.8) is 0 Å². The molecule has 3 heterocycles. The molecule has 0 unspecified atom stereocenters. The number of hydrogen-bond donors (Lipinski definition) is 2. The molecule has 10 heteroatoms. The van der Waals surface area contributed by atoms with E-state index < -0.39 is 12.2 Å². The highest BCUT2D eigenvalue weighted by atomic mass is 19.1. The van der Waals surface area contributed by atoms with Crippen LogP contribution in [0.5, 0.6) is 0 Å². The van der Waals surface area contributed by atoms with E-state index in [1.807, 2.05) is 4.90 Å². The Morgan fingerprint density at radius 3 is 2.58 bits per heavy atom. The summed E-state index contributed by atoms with van der Waals surface area (Å²) in [6, 6.07) is 4.86. The van der Waals surface area contributed by atoms with Gasteiger partial charge in [-0.05, 0) is 44.2 Å². The van der Waals surface area contributed by atoms with Crippen molar-refractivity contribution < 1.29 is 28.6 Å². The van der Waals surface area contributed by atoms with Crippen LogP contribution < -0.4 is 5.32 Å². The van der Waals surface area contributed by atoms with Gasteiger partial charge in [0.15, 0.2) is 0 Å². The van der Waals surface area contributed by atoms with Crippen LogP contribution in [0.4, 0.5) is 14.9 Å². The van der Waals surface area contributed by atoms with Crippen LogP contribution in [-0.2, 0) is 14.3 Å². The summed E-state index contributed by atoms with van der Waals surface area (Å²) in [6.07, 6.45) is 0.150. The average Bonchev–Trinajstić information content (AvgIpc) is 2.78. The van der Waals surface area contributed by atoms with Crippen molar-refractivity contribution in [1.82, 2.24) is 14.7 Å². The number of benzene rings is 1. The first-order valence-electron chi connectivity index (χ1n) is 11.6. The van der Waals surface area contributed by atoms with Crippen LogP contribution in [0.15, 0.2) is 24.3 Å². The highest BCUT2D eigenvalue weighted by Gasteiger charge is 2.40. The number of rotatable bonds is 3. The monoisotopic (exact) mass is 464 g/mol. The number of anilines is 1. The van der Waals surface area contributed by atoms with Crippen molar-refractivity contribution in [3.05, 3.63) is 30.1 Å². The zero-order valence-electron chi connectivity index (χ0n) is 19.0. The number of piperazine rings is 1. The highest BCUT2D eigenvalue weighted by Crippen LogP contribution is 2.28. The van der Waals surface area contributed by atoms with E-state index in [2.05, 4.69) is 17.3 Å². The SMILES string of the molecule is CN1CCN(C(=O)C[C@@H]2CC[C@H]3[C@@H](COC[C@@H](O)CN3C(=O)Nc3ccc(F)cc3)O2)CC1. The third-order valence-corrected chi connectivity index (χ3v) is 6.60. The Kier molecular flexibility index (Phi) is 7.79. The molecule has 1 aromatic carbocycles. The van der Waals surface area contributed by atoms with Crippen LogP contribution in [-0.4, -0.2) is 109 Å². The summed E-state index contributed by atoms with van der Waals surface area (Å²) >= 11 is 0. The number of carbonyl (C=O) groups is 2. The second-order valence-electron chi connectivity index (χ2n) is 9.11. The zero-order valence-corrected chi connectivity index (χ0v) is 19.0. The van der Waals surface area contributed by atoms with Crippen molar-refractivity contribution in [3.8, 4) is 0 Å². The Morgan fingerprint density at radius 1 is 1.12 bits per heavy atom. The van der Waals surface area contributed by atoms with E-state index in [0.29, 0.717) is 24.9 Å². The van der Waals surface area contributed by atoms with Crippen molar-refractivity contribution in [2.24, 2.45) is 0 Å². The second kappa shape index (κ2) is 10.8. The molecule has 3 amide bonds. The van der Waals surface area contributed by atoms with Gasteiger partial charge >= 0.3 is 6.03 Å².